The van der Waals surface area contributed by atoms with Gasteiger partial charge in [-0.05, 0) is 25.0 Å². The van der Waals surface area contributed by atoms with Gasteiger partial charge in [0.1, 0.15) is 0 Å². The van der Waals surface area contributed by atoms with Crippen molar-refractivity contribution in [2.24, 2.45) is 0 Å². The zero-order chi connectivity index (χ0) is 16.8. The van der Waals surface area contributed by atoms with E-state index in [1.165, 1.54) is 11.8 Å². The number of fused-ring (bicyclic) bond motifs is 1. The summed E-state index contributed by atoms with van der Waals surface area (Å²) >= 11 is 1.20. The predicted molar refractivity (Wildman–Crippen MR) is 94.0 cm³/mol. The van der Waals surface area contributed by atoms with Gasteiger partial charge < -0.3 is 10.7 Å². The molecule has 6 nitrogen and oxygen atoms in total. The molecule has 0 aliphatic rings. The van der Waals surface area contributed by atoms with Crippen LogP contribution in [0.2, 0.25) is 0 Å². The summed E-state index contributed by atoms with van der Waals surface area (Å²) in [6, 6.07) is 7.05. The van der Waals surface area contributed by atoms with Gasteiger partial charge in [0.05, 0.1) is 16.7 Å². The minimum absolute atomic E-state index is 0.0427. The Morgan fingerprint density at radius 2 is 1.91 bits per heavy atom. The highest BCUT2D eigenvalue weighted by Crippen LogP contribution is 2.16. The van der Waals surface area contributed by atoms with Crippen LogP contribution in [0.25, 0.3) is 10.9 Å². The normalized spacial score (nSPS) is 10.9. The number of aromatic nitrogens is 2. The molecular formula is C16H22N4O2S. The number of thioether (sulfide) groups is 1. The summed E-state index contributed by atoms with van der Waals surface area (Å²) in [5.74, 6) is 6.09. The van der Waals surface area contributed by atoms with Crippen molar-refractivity contribution in [3.63, 3.8) is 0 Å². The Hall–Kier alpha value is -2.02. The van der Waals surface area contributed by atoms with E-state index in [1.807, 2.05) is 24.8 Å². The van der Waals surface area contributed by atoms with Crippen LogP contribution < -0.4 is 11.4 Å². The summed E-state index contributed by atoms with van der Waals surface area (Å²) in [7, 11) is 0. The van der Waals surface area contributed by atoms with Crippen LogP contribution >= 0.6 is 11.8 Å². The molecule has 1 aromatic carbocycles. The third-order valence-electron chi connectivity index (χ3n) is 3.44. The average molecular weight is 334 g/mol. The maximum Gasteiger partial charge on any atom is 0.280 e. The first kappa shape index (κ1) is 17.3. The van der Waals surface area contributed by atoms with Crippen molar-refractivity contribution in [1.82, 2.24) is 14.6 Å². The van der Waals surface area contributed by atoms with Crippen LogP contribution in [0.5, 0.6) is 0 Å². The SMILES string of the molecule is CCCN(CCC)C(=O)CSc1nc2ccccc2c(=O)n1N. The Labute approximate surface area is 139 Å². The number of nitrogen functional groups attached to an aromatic ring is 1. The van der Waals surface area contributed by atoms with Crippen LogP contribution in [0.3, 0.4) is 0 Å². The van der Waals surface area contributed by atoms with Crippen LogP contribution in [-0.4, -0.2) is 39.3 Å². The molecule has 0 bridgehead atoms. The Morgan fingerprint density at radius 1 is 1.26 bits per heavy atom. The molecular weight excluding hydrogens is 312 g/mol. The molecule has 0 saturated carbocycles. The van der Waals surface area contributed by atoms with E-state index in [9.17, 15) is 9.59 Å². The summed E-state index contributed by atoms with van der Waals surface area (Å²) in [5.41, 5.74) is 0.289. The van der Waals surface area contributed by atoms with E-state index >= 15 is 0 Å². The lowest BCUT2D eigenvalue weighted by Crippen LogP contribution is -2.34. The standard InChI is InChI=1S/C16H22N4O2S/c1-3-9-19(10-4-2)14(21)11-23-16-18-13-8-6-5-7-12(13)15(22)20(16)17/h5-8H,3-4,9-11,17H2,1-2H3. The van der Waals surface area contributed by atoms with E-state index < -0.39 is 0 Å². The lowest BCUT2D eigenvalue weighted by molar-refractivity contribution is -0.128. The number of nitrogens with two attached hydrogens (primary N) is 1. The molecule has 2 N–H and O–H groups in total. The molecule has 0 aliphatic carbocycles. The maximum absolute atomic E-state index is 12.3. The lowest BCUT2D eigenvalue weighted by Gasteiger charge is -2.21. The van der Waals surface area contributed by atoms with E-state index in [2.05, 4.69) is 4.98 Å². The number of benzene rings is 1. The first-order valence-corrected chi connectivity index (χ1v) is 8.74. The van der Waals surface area contributed by atoms with Crippen molar-refractivity contribution in [1.29, 1.82) is 0 Å². The van der Waals surface area contributed by atoms with Crippen molar-refractivity contribution in [3.8, 4) is 0 Å². The van der Waals surface area contributed by atoms with Gasteiger partial charge in [-0.2, -0.15) is 0 Å². The third kappa shape index (κ3) is 4.04. The zero-order valence-electron chi connectivity index (χ0n) is 13.5. The fraction of sp³-hybridized carbons (Fsp3) is 0.438. The minimum Gasteiger partial charge on any atom is -0.342 e. The highest BCUT2D eigenvalue weighted by molar-refractivity contribution is 7.99. The van der Waals surface area contributed by atoms with Crippen LogP contribution in [0.4, 0.5) is 0 Å². The van der Waals surface area contributed by atoms with Gasteiger partial charge in [0.15, 0.2) is 5.16 Å². The molecule has 1 amide bonds. The summed E-state index contributed by atoms with van der Waals surface area (Å²) in [4.78, 5) is 30.8. The lowest BCUT2D eigenvalue weighted by atomic mass is 10.2. The number of hydrogen-bond acceptors (Lipinski definition) is 5. The first-order chi connectivity index (χ1) is 11.1. The van der Waals surface area contributed by atoms with E-state index in [0.29, 0.717) is 16.1 Å². The van der Waals surface area contributed by atoms with Crippen molar-refractivity contribution < 1.29 is 4.79 Å². The molecule has 0 fully saturated rings. The van der Waals surface area contributed by atoms with E-state index in [0.717, 1.165) is 30.6 Å². The fourth-order valence-electron chi connectivity index (χ4n) is 2.35. The Kier molecular flexibility index (Phi) is 6.04. The van der Waals surface area contributed by atoms with Crippen molar-refractivity contribution in [3.05, 3.63) is 34.6 Å². The Balaban J connectivity index is 2.17. The zero-order valence-corrected chi connectivity index (χ0v) is 14.3. The smallest absolute Gasteiger partial charge is 0.280 e. The molecule has 1 heterocycles. The van der Waals surface area contributed by atoms with Gasteiger partial charge in [-0.15, -0.1) is 0 Å². The molecule has 0 saturated heterocycles. The number of hydrogen-bond donors (Lipinski definition) is 1. The second-order valence-electron chi connectivity index (χ2n) is 5.26. The van der Waals surface area contributed by atoms with Gasteiger partial charge in [0.25, 0.3) is 5.56 Å². The second kappa shape index (κ2) is 8.01. The quantitative estimate of drug-likeness (QED) is 0.475. The largest absolute Gasteiger partial charge is 0.342 e. The van der Waals surface area contributed by atoms with E-state index in [4.69, 9.17) is 5.84 Å². The summed E-state index contributed by atoms with van der Waals surface area (Å²) in [6.45, 7) is 5.58. The van der Waals surface area contributed by atoms with Crippen LogP contribution in [0.1, 0.15) is 26.7 Å². The molecule has 2 aromatic rings. The number of rotatable bonds is 7. The van der Waals surface area contributed by atoms with Gasteiger partial charge in [-0.1, -0.05) is 37.7 Å². The molecule has 0 atom stereocenters. The number of nitrogens with zero attached hydrogens (tertiary/aromatic N) is 3. The molecule has 124 valence electrons. The molecule has 1 aromatic heterocycles. The monoisotopic (exact) mass is 334 g/mol. The molecule has 7 heteroatoms. The van der Waals surface area contributed by atoms with Crippen LogP contribution in [-0.2, 0) is 4.79 Å². The molecule has 0 aliphatic heterocycles. The molecule has 23 heavy (non-hydrogen) atoms. The third-order valence-corrected chi connectivity index (χ3v) is 4.38. The molecule has 2 rings (SSSR count). The van der Waals surface area contributed by atoms with Crippen LogP contribution in [0, 0.1) is 0 Å². The number of para-hydroxylation sites is 1. The Morgan fingerprint density at radius 3 is 2.57 bits per heavy atom. The molecule has 0 spiro atoms. The summed E-state index contributed by atoms with van der Waals surface area (Å²) in [5, 5.41) is 0.833. The van der Waals surface area contributed by atoms with Gasteiger partial charge >= 0.3 is 0 Å². The first-order valence-electron chi connectivity index (χ1n) is 7.75. The predicted octanol–water partition coefficient (Wildman–Crippen LogP) is 1.85. The van der Waals surface area contributed by atoms with Gasteiger partial charge in [0.2, 0.25) is 5.91 Å². The summed E-state index contributed by atoms with van der Waals surface area (Å²) in [6.07, 6.45) is 1.85. The number of amides is 1. The average Bonchev–Trinajstić information content (AvgIpc) is 2.56. The van der Waals surface area contributed by atoms with E-state index in [1.54, 1.807) is 18.2 Å². The second-order valence-corrected chi connectivity index (χ2v) is 6.20. The number of carbonyl (C=O) groups is 1. The highest BCUT2D eigenvalue weighted by Gasteiger charge is 2.15. The highest BCUT2D eigenvalue weighted by atomic mass is 32.2. The van der Waals surface area contributed by atoms with Crippen molar-refractivity contribution >= 4 is 28.6 Å². The fourth-order valence-corrected chi connectivity index (χ4v) is 3.17. The Bertz CT molecular complexity index is 738. The molecule has 0 unspecified atom stereocenters. The van der Waals surface area contributed by atoms with E-state index in [-0.39, 0.29) is 17.2 Å². The van der Waals surface area contributed by atoms with Gasteiger partial charge in [0, 0.05) is 13.1 Å². The maximum atomic E-state index is 12.3. The van der Waals surface area contributed by atoms with Crippen molar-refractivity contribution in [2.75, 3.05) is 24.7 Å². The van der Waals surface area contributed by atoms with Crippen LogP contribution in [0.15, 0.2) is 34.2 Å². The van der Waals surface area contributed by atoms with Crippen molar-refractivity contribution in [2.45, 2.75) is 31.8 Å². The minimum atomic E-state index is -0.301. The molecule has 0 radical (unpaired) electrons. The van der Waals surface area contributed by atoms with Gasteiger partial charge in [-0.3, -0.25) is 9.59 Å². The topological polar surface area (TPSA) is 81.2 Å². The number of carbonyl (C=O) groups excluding carboxylic acids is 1. The summed E-state index contributed by atoms with van der Waals surface area (Å²) < 4.78 is 1.02. The van der Waals surface area contributed by atoms with Gasteiger partial charge in [-0.25, -0.2) is 9.66 Å².